The Balaban J connectivity index is 1.68. The van der Waals surface area contributed by atoms with Crippen molar-refractivity contribution in [2.24, 2.45) is 0 Å². The zero-order valence-electron chi connectivity index (χ0n) is 13.5. The van der Waals surface area contributed by atoms with Crippen LogP contribution < -0.4 is 10.5 Å². The van der Waals surface area contributed by atoms with Gasteiger partial charge in [-0.1, -0.05) is 36.4 Å². The Morgan fingerprint density at radius 2 is 1.83 bits per heavy atom. The molecule has 0 bridgehead atoms. The second-order valence-electron chi connectivity index (χ2n) is 6.28. The van der Waals surface area contributed by atoms with Gasteiger partial charge in [-0.3, -0.25) is 9.59 Å². The van der Waals surface area contributed by atoms with Crippen molar-refractivity contribution in [3.63, 3.8) is 0 Å². The van der Waals surface area contributed by atoms with E-state index in [2.05, 4.69) is 6.07 Å². The van der Waals surface area contributed by atoms with Gasteiger partial charge in [0.15, 0.2) is 0 Å². The number of nitrogens with zero attached hydrogens (tertiary/aromatic N) is 2. The number of anilines is 1. The van der Waals surface area contributed by atoms with Gasteiger partial charge in [0.1, 0.15) is 6.54 Å². The van der Waals surface area contributed by atoms with Crippen LogP contribution in [0.1, 0.15) is 12.5 Å². The van der Waals surface area contributed by atoms with Crippen LogP contribution >= 0.6 is 0 Å². The van der Waals surface area contributed by atoms with E-state index in [1.54, 1.807) is 12.3 Å². The molecule has 0 radical (unpaired) electrons. The number of carbonyl (C=O) groups is 1. The zero-order valence-corrected chi connectivity index (χ0v) is 13.5. The van der Waals surface area contributed by atoms with Gasteiger partial charge in [0.05, 0.1) is 0 Å². The first-order valence-corrected chi connectivity index (χ1v) is 8.13. The summed E-state index contributed by atoms with van der Waals surface area (Å²) in [5, 5.41) is 1.54. The summed E-state index contributed by atoms with van der Waals surface area (Å²) in [6.07, 6.45) is 2.56. The average Bonchev–Trinajstić information content (AvgIpc) is 2.93. The van der Waals surface area contributed by atoms with Crippen LogP contribution in [0.3, 0.4) is 0 Å². The number of hydrogen-bond donors (Lipinski definition) is 0. The summed E-state index contributed by atoms with van der Waals surface area (Å²) in [6.45, 7) is 2.10. The number of hydrogen-bond acceptors (Lipinski definition) is 2. The van der Waals surface area contributed by atoms with Crippen molar-refractivity contribution in [1.82, 2.24) is 4.57 Å². The van der Waals surface area contributed by atoms with Crippen molar-refractivity contribution >= 4 is 22.4 Å². The zero-order chi connectivity index (χ0) is 16.7. The molecule has 1 aliphatic rings. The molecular weight excluding hydrogens is 300 g/mol. The Morgan fingerprint density at radius 3 is 2.71 bits per heavy atom. The minimum atomic E-state index is -0.124. The summed E-state index contributed by atoms with van der Waals surface area (Å²) in [5.74, 6) is -0.0511. The molecule has 4 heteroatoms. The van der Waals surface area contributed by atoms with Crippen LogP contribution in [-0.4, -0.2) is 16.5 Å². The average molecular weight is 318 g/mol. The summed E-state index contributed by atoms with van der Waals surface area (Å²) >= 11 is 0. The molecule has 0 aliphatic carbocycles. The third-order valence-electron chi connectivity index (χ3n) is 4.67. The van der Waals surface area contributed by atoms with E-state index in [-0.39, 0.29) is 24.1 Å². The van der Waals surface area contributed by atoms with Crippen molar-refractivity contribution in [3.8, 4) is 0 Å². The minimum Gasteiger partial charge on any atom is -0.307 e. The molecule has 0 saturated carbocycles. The lowest BCUT2D eigenvalue weighted by molar-refractivity contribution is -0.119. The first kappa shape index (κ1) is 14.7. The molecule has 1 aromatic heterocycles. The third kappa shape index (κ3) is 2.31. The second kappa shape index (κ2) is 5.64. The van der Waals surface area contributed by atoms with Gasteiger partial charge in [-0.15, -0.1) is 0 Å². The summed E-state index contributed by atoms with van der Waals surface area (Å²) in [7, 11) is 0. The molecule has 1 amide bonds. The number of benzene rings is 2. The maximum atomic E-state index is 12.8. The lowest BCUT2D eigenvalue weighted by Gasteiger charge is -2.23. The molecule has 0 unspecified atom stereocenters. The SMILES string of the molecule is C[C@H]1Cc2ccccc2N1C(=O)Cn1ccc2ccccc2c1=O. The molecule has 0 fully saturated rings. The van der Waals surface area contributed by atoms with Gasteiger partial charge in [-0.2, -0.15) is 0 Å². The van der Waals surface area contributed by atoms with Crippen LogP contribution in [0.25, 0.3) is 10.8 Å². The topological polar surface area (TPSA) is 42.3 Å². The molecule has 4 nitrogen and oxygen atoms in total. The second-order valence-corrected chi connectivity index (χ2v) is 6.28. The number of fused-ring (bicyclic) bond motifs is 2. The van der Waals surface area contributed by atoms with Crippen LogP contribution in [-0.2, 0) is 17.8 Å². The fourth-order valence-electron chi connectivity index (χ4n) is 3.52. The molecule has 1 aliphatic heterocycles. The lowest BCUT2D eigenvalue weighted by Crippen LogP contribution is -2.39. The molecule has 24 heavy (non-hydrogen) atoms. The van der Waals surface area contributed by atoms with Gasteiger partial charge >= 0.3 is 0 Å². The molecule has 4 rings (SSSR count). The van der Waals surface area contributed by atoms with Crippen molar-refractivity contribution in [2.45, 2.75) is 25.9 Å². The Labute approximate surface area is 140 Å². The highest BCUT2D eigenvalue weighted by atomic mass is 16.2. The van der Waals surface area contributed by atoms with Gasteiger partial charge in [-0.25, -0.2) is 0 Å². The van der Waals surface area contributed by atoms with Crippen LogP contribution in [0, 0.1) is 0 Å². The molecule has 120 valence electrons. The Morgan fingerprint density at radius 1 is 1.08 bits per heavy atom. The quantitative estimate of drug-likeness (QED) is 0.729. The van der Waals surface area contributed by atoms with Crippen LogP contribution in [0.4, 0.5) is 5.69 Å². The van der Waals surface area contributed by atoms with Crippen molar-refractivity contribution in [3.05, 3.63) is 76.7 Å². The maximum Gasteiger partial charge on any atom is 0.258 e. The summed E-state index contributed by atoms with van der Waals surface area (Å²) < 4.78 is 1.50. The number of aromatic nitrogens is 1. The van der Waals surface area contributed by atoms with Gasteiger partial charge in [0.2, 0.25) is 5.91 Å². The predicted molar refractivity (Wildman–Crippen MR) is 95.3 cm³/mol. The smallest absolute Gasteiger partial charge is 0.258 e. The summed E-state index contributed by atoms with van der Waals surface area (Å²) in [5.41, 5.74) is 2.02. The highest BCUT2D eigenvalue weighted by Gasteiger charge is 2.30. The van der Waals surface area contributed by atoms with E-state index in [0.29, 0.717) is 5.39 Å². The summed E-state index contributed by atoms with van der Waals surface area (Å²) in [6, 6.07) is 17.4. The van der Waals surface area contributed by atoms with E-state index in [9.17, 15) is 9.59 Å². The first-order chi connectivity index (χ1) is 11.6. The Bertz CT molecular complexity index is 990. The van der Waals surface area contributed by atoms with Gasteiger partial charge in [0.25, 0.3) is 5.56 Å². The highest BCUT2D eigenvalue weighted by molar-refractivity contribution is 5.96. The van der Waals surface area contributed by atoms with E-state index in [4.69, 9.17) is 0 Å². The molecule has 2 aromatic carbocycles. The Hall–Kier alpha value is -2.88. The Kier molecular flexibility index (Phi) is 3.45. The number of pyridine rings is 1. The highest BCUT2D eigenvalue weighted by Crippen LogP contribution is 2.31. The van der Waals surface area contributed by atoms with Gasteiger partial charge in [0, 0.05) is 23.3 Å². The standard InChI is InChI=1S/C20H18N2O2/c1-14-12-16-7-3-5-9-18(16)22(14)19(23)13-21-11-10-15-6-2-4-8-17(15)20(21)24/h2-11,14H,12-13H2,1H3/t14-/m0/s1. The summed E-state index contributed by atoms with van der Waals surface area (Å²) in [4.78, 5) is 27.3. The minimum absolute atomic E-state index is 0.0511. The predicted octanol–water partition coefficient (Wildman–Crippen LogP) is 2.98. The van der Waals surface area contributed by atoms with E-state index in [1.807, 2.05) is 54.3 Å². The maximum absolute atomic E-state index is 12.8. The van der Waals surface area contributed by atoms with Gasteiger partial charge in [-0.05, 0) is 42.5 Å². The first-order valence-electron chi connectivity index (χ1n) is 8.13. The van der Waals surface area contributed by atoms with Crippen LogP contribution in [0.5, 0.6) is 0 Å². The number of para-hydroxylation sites is 1. The normalized spacial score (nSPS) is 16.4. The molecule has 2 heterocycles. The fourth-order valence-corrected chi connectivity index (χ4v) is 3.52. The molecule has 0 saturated heterocycles. The lowest BCUT2D eigenvalue weighted by atomic mass is 10.1. The molecule has 0 spiro atoms. The monoisotopic (exact) mass is 318 g/mol. The number of rotatable bonds is 2. The molecular formula is C20H18N2O2. The van der Waals surface area contributed by atoms with Gasteiger partial charge < -0.3 is 9.47 Å². The molecule has 0 N–H and O–H groups in total. The van der Waals surface area contributed by atoms with Crippen molar-refractivity contribution in [1.29, 1.82) is 0 Å². The van der Waals surface area contributed by atoms with E-state index >= 15 is 0 Å². The fraction of sp³-hybridized carbons (Fsp3) is 0.200. The number of amides is 1. The number of carbonyl (C=O) groups excluding carboxylic acids is 1. The van der Waals surface area contributed by atoms with E-state index in [0.717, 1.165) is 17.5 Å². The van der Waals surface area contributed by atoms with E-state index in [1.165, 1.54) is 10.1 Å². The van der Waals surface area contributed by atoms with Crippen LogP contribution in [0.2, 0.25) is 0 Å². The largest absolute Gasteiger partial charge is 0.307 e. The van der Waals surface area contributed by atoms with Crippen molar-refractivity contribution in [2.75, 3.05) is 4.90 Å². The third-order valence-corrected chi connectivity index (χ3v) is 4.67. The molecule has 1 atom stereocenters. The van der Waals surface area contributed by atoms with E-state index < -0.39 is 0 Å². The molecule has 3 aromatic rings. The van der Waals surface area contributed by atoms with Crippen molar-refractivity contribution < 1.29 is 4.79 Å². The van der Waals surface area contributed by atoms with Crippen LogP contribution in [0.15, 0.2) is 65.6 Å².